The van der Waals surface area contributed by atoms with Gasteiger partial charge in [-0.3, -0.25) is 4.57 Å². The number of aromatic nitrogens is 5. The van der Waals surface area contributed by atoms with Crippen LogP contribution in [-0.4, -0.2) is 37.6 Å². The molecule has 1 aliphatic heterocycles. The second-order valence-corrected chi connectivity index (χ2v) is 8.00. The molecule has 30 heavy (non-hydrogen) atoms. The largest absolute Gasteiger partial charge is 0.425 e. The number of halogens is 4. The Labute approximate surface area is 177 Å². The van der Waals surface area contributed by atoms with E-state index in [-0.39, 0.29) is 17.8 Å². The number of rotatable bonds is 4. The van der Waals surface area contributed by atoms with Gasteiger partial charge in [0.15, 0.2) is 0 Å². The van der Waals surface area contributed by atoms with Crippen molar-refractivity contribution in [2.24, 2.45) is 0 Å². The van der Waals surface area contributed by atoms with E-state index in [1.54, 1.807) is 12.4 Å². The molecule has 0 saturated heterocycles. The lowest BCUT2D eigenvalue weighted by Gasteiger charge is -2.26. The van der Waals surface area contributed by atoms with Gasteiger partial charge in [0.1, 0.15) is 11.2 Å². The molecule has 0 unspecified atom stereocenters. The zero-order chi connectivity index (χ0) is 21.3. The second-order valence-electron chi connectivity index (χ2n) is 6.50. The Kier molecular flexibility index (Phi) is 5.56. The highest BCUT2D eigenvalue weighted by Crippen LogP contribution is 2.34. The fourth-order valence-corrected chi connectivity index (χ4v) is 3.96. The van der Waals surface area contributed by atoms with Crippen LogP contribution in [0.15, 0.2) is 41.7 Å². The topological polar surface area (TPSA) is 76.8 Å². The van der Waals surface area contributed by atoms with Gasteiger partial charge in [-0.05, 0) is 35.7 Å². The number of hydrogen-bond donors (Lipinski definition) is 0. The maximum Gasteiger partial charge on any atom is 0.425 e. The van der Waals surface area contributed by atoms with Crippen LogP contribution >= 0.6 is 22.9 Å². The molecule has 0 aromatic carbocycles. The van der Waals surface area contributed by atoms with Gasteiger partial charge < -0.3 is 4.90 Å². The van der Waals surface area contributed by atoms with Crippen LogP contribution in [0.3, 0.4) is 0 Å². The lowest BCUT2D eigenvalue weighted by Crippen LogP contribution is -2.33. The van der Waals surface area contributed by atoms with E-state index in [1.807, 2.05) is 11.0 Å². The van der Waals surface area contributed by atoms with Crippen LogP contribution < -0.4 is 10.6 Å². The summed E-state index contributed by atoms with van der Waals surface area (Å²) in [7, 11) is 0. The van der Waals surface area contributed by atoms with Crippen molar-refractivity contribution in [2.75, 3.05) is 18.0 Å². The summed E-state index contributed by atoms with van der Waals surface area (Å²) in [6.45, 7) is 1.08. The molecule has 0 atom stereocenters. The van der Waals surface area contributed by atoms with Gasteiger partial charge in [-0.25, -0.2) is 19.7 Å². The van der Waals surface area contributed by atoms with Gasteiger partial charge >= 0.3 is 11.9 Å². The average molecular weight is 455 g/mol. The van der Waals surface area contributed by atoms with E-state index in [9.17, 15) is 18.0 Å². The van der Waals surface area contributed by atoms with Crippen molar-refractivity contribution in [2.45, 2.75) is 19.1 Å². The molecule has 0 saturated carbocycles. The third-order valence-corrected chi connectivity index (χ3v) is 5.81. The minimum atomic E-state index is -4.40. The normalized spacial score (nSPS) is 14.7. The van der Waals surface area contributed by atoms with Crippen molar-refractivity contribution in [3.05, 3.63) is 68.0 Å². The van der Waals surface area contributed by atoms with Crippen LogP contribution in [0.4, 0.5) is 19.1 Å². The van der Waals surface area contributed by atoms with Gasteiger partial charge in [0.05, 0.1) is 6.54 Å². The first kappa shape index (κ1) is 20.5. The molecule has 0 fully saturated rings. The SMILES string of the molecule is O=c1nc(N2CC=C(c3cnc(Cl)nc3)CC2)ncn1Cc1ccc(C(F)(F)F)s1. The van der Waals surface area contributed by atoms with Crippen molar-refractivity contribution in [3.8, 4) is 0 Å². The van der Waals surface area contributed by atoms with E-state index in [0.717, 1.165) is 17.2 Å². The van der Waals surface area contributed by atoms with E-state index >= 15 is 0 Å². The molecule has 3 aromatic rings. The maximum absolute atomic E-state index is 12.7. The second kappa shape index (κ2) is 8.15. The molecule has 4 rings (SSSR count). The van der Waals surface area contributed by atoms with Crippen LogP contribution in [0.2, 0.25) is 5.28 Å². The van der Waals surface area contributed by atoms with E-state index in [0.29, 0.717) is 35.7 Å². The predicted molar refractivity (Wildman–Crippen MR) is 107 cm³/mol. The van der Waals surface area contributed by atoms with Crippen molar-refractivity contribution in [3.63, 3.8) is 0 Å². The summed E-state index contributed by atoms with van der Waals surface area (Å²) in [5, 5.41) is 0.183. The van der Waals surface area contributed by atoms with Gasteiger partial charge in [0.2, 0.25) is 11.2 Å². The van der Waals surface area contributed by atoms with Crippen LogP contribution in [0.5, 0.6) is 0 Å². The zero-order valence-corrected chi connectivity index (χ0v) is 16.9. The highest BCUT2D eigenvalue weighted by atomic mass is 35.5. The van der Waals surface area contributed by atoms with Gasteiger partial charge in [0.25, 0.3) is 0 Å². The molecule has 12 heteroatoms. The first-order chi connectivity index (χ1) is 14.3. The smallest absolute Gasteiger partial charge is 0.337 e. The summed E-state index contributed by atoms with van der Waals surface area (Å²) < 4.78 is 39.4. The molecule has 156 valence electrons. The summed E-state index contributed by atoms with van der Waals surface area (Å²) in [6.07, 6.45) is 2.89. The van der Waals surface area contributed by atoms with Gasteiger partial charge in [-0.1, -0.05) is 6.08 Å². The molecule has 3 aromatic heterocycles. The minimum Gasteiger partial charge on any atom is -0.337 e. The number of anilines is 1. The van der Waals surface area contributed by atoms with Crippen molar-refractivity contribution < 1.29 is 13.2 Å². The number of alkyl halides is 3. The van der Waals surface area contributed by atoms with Gasteiger partial charge in [-0.2, -0.15) is 18.2 Å². The molecule has 0 amide bonds. The van der Waals surface area contributed by atoms with Crippen molar-refractivity contribution >= 4 is 34.5 Å². The fraction of sp³-hybridized carbons (Fsp3) is 0.278. The Morgan fingerprint density at radius 3 is 2.53 bits per heavy atom. The average Bonchev–Trinajstić information content (AvgIpc) is 3.20. The van der Waals surface area contributed by atoms with Gasteiger partial charge in [0, 0.05) is 35.9 Å². The summed E-state index contributed by atoms with van der Waals surface area (Å²) in [6, 6.07) is 2.36. The Hall–Kier alpha value is -2.79. The molecule has 0 bridgehead atoms. The van der Waals surface area contributed by atoms with Gasteiger partial charge in [-0.15, -0.1) is 11.3 Å². The maximum atomic E-state index is 12.7. The van der Waals surface area contributed by atoms with E-state index in [2.05, 4.69) is 19.9 Å². The Bertz CT molecular complexity index is 1140. The molecule has 0 radical (unpaired) electrons. The first-order valence-electron chi connectivity index (χ1n) is 8.81. The molecular weight excluding hydrogens is 441 g/mol. The molecule has 0 N–H and O–H groups in total. The zero-order valence-electron chi connectivity index (χ0n) is 15.3. The van der Waals surface area contributed by atoms with E-state index < -0.39 is 16.7 Å². The van der Waals surface area contributed by atoms with E-state index in [1.165, 1.54) is 17.0 Å². The number of thiophene rings is 1. The molecule has 1 aliphatic rings. The third kappa shape index (κ3) is 4.51. The molecular formula is C18H14ClF3N6OS. The lowest BCUT2D eigenvalue weighted by molar-refractivity contribution is -0.134. The summed E-state index contributed by atoms with van der Waals surface area (Å²) in [4.78, 5) is 30.0. The lowest BCUT2D eigenvalue weighted by atomic mass is 10.0. The predicted octanol–water partition coefficient (Wildman–Crippen LogP) is 3.50. The van der Waals surface area contributed by atoms with Crippen LogP contribution in [0, 0.1) is 0 Å². The molecule has 4 heterocycles. The number of nitrogens with zero attached hydrogens (tertiary/aromatic N) is 6. The Morgan fingerprint density at radius 2 is 1.93 bits per heavy atom. The van der Waals surface area contributed by atoms with Crippen molar-refractivity contribution in [1.82, 2.24) is 24.5 Å². The Balaban J connectivity index is 1.45. The molecule has 0 spiro atoms. The summed E-state index contributed by atoms with van der Waals surface area (Å²) >= 11 is 6.30. The quantitative estimate of drug-likeness (QED) is 0.561. The monoisotopic (exact) mass is 454 g/mol. The highest BCUT2D eigenvalue weighted by molar-refractivity contribution is 7.12. The summed E-state index contributed by atoms with van der Waals surface area (Å²) in [5.41, 5.74) is 1.38. The van der Waals surface area contributed by atoms with Crippen LogP contribution in [0.1, 0.15) is 21.7 Å². The van der Waals surface area contributed by atoms with E-state index in [4.69, 9.17) is 11.6 Å². The Morgan fingerprint density at radius 1 is 1.17 bits per heavy atom. The first-order valence-corrected chi connectivity index (χ1v) is 10.0. The standard InChI is InChI=1S/C18H14ClF3N6OS/c19-15-23-7-12(8-24-15)11-3-5-27(6-4-11)16-25-10-28(17(29)26-16)9-13-1-2-14(30-13)18(20,21)22/h1-3,7-8,10H,4-6,9H2. The summed E-state index contributed by atoms with van der Waals surface area (Å²) in [5.74, 6) is 0.279. The fourth-order valence-electron chi connectivity index (χ4n) is 2.98. The van der Waals surface area contributed by atoms with Crippen LogP contribution in [-0.2, 0) is 12.7 Å². The highest BCUT2D eigenvalue weighted by Gasteiger charge is 2.32. The third-order valence-electron chi connectivity index (χ3n) is 4.50. The molecule has 7 nitrogen and oxygen atoms in total. The molecule has 0 aliphatic carbocycles. The number of hydrogen-bond acceptors (Lipinski definition) is 7. The minimum absolute atomic E-state index is 0.0134. The van der Waals surface area contributed by atoms with Crippen LogP contribution in [0.25, 0.3) is 5.57 Å². The van der Waals surface area contributed by atoms with Crippen molar-refractivity contribution in [1.29, 1.82) is 0 Å².